The summed E-state index contributed by atoms with van der Waals surface area (Å²) in [6.07, 6.45) is 1.50. The van der Waals surface area contributed by atoms with Crippen LogP contribution in [0.5, 0.6) is 0 Å². The molecule has 154 valence electrons. The van der Waals surface area contributed by atoms with Crippen LogP contribution in [0.1, 0.15) is 26.5 Å². The smallest absolute Gasteiger partial charge is 0.289 e. The second-order valence-electron chi connectivity index (χ2n) is 7.25. The van der Waals surface area contributed by atoms with Gasteiger partial charge in [0.1, 0.15) is 0 Å². The van der Waals surface area contributed by atoms with Crippen LogP contribution in [-0.4, -0.2) is 42.9 Å². The number of halogens is 1. The first-order chi connectivity index (χ1) is 14.5. The maximum atomic E-state index is 12.5. The number of piperazine rings is 1. The molecule has 2 aromatic carbocycles. The number of furan rings is 1. The summed E-state index contributed by atoms with van der Waals surface area (Å²) < 4.78 is 5.20. The number of benzene rings is 2. The van der Waals surface area contributed by atoms with Gasteiger partial charge in [-0.25, -0.2) is 0 Å². The van der Waals surface area contributed by atoms with Crippen LogP contribution in [0.4, 0.5) is 11.4 Å². The van der Waals surface area contributed by atoms with E-state index < -0.39 is 0 Å². The monoisotopic (exact) mass is 423 g/mol. The van der Waals surface area contributed by atoms with Crippen molar-refractivity contribution in [1.29, 1.82) is 0 Å². The van der Waals surface area contributed by atoms with E-state index in [4.69, 9.17) is 16.0 Å². The fourth-order valence-electron chi connectivity index (χ4n) is 3.54. The van der Waals surface area contributed by atoms with Crippen molar-refractivity contribution in [1.82, 2.24) is 4.90 Å². The van der Waals surface area contributed by atoms with Crippen molar-refractivity contribution < 1.29 is 14.0 Å². The lowest BCUT2D eigenvalue weighted by Crippen LogP contribution is -2.48. The molecule has 4 rings (SSSR count). The van der Waals surface area contributed by atoms with E-state index in [0.717, 1.165) is 11.3 Å². The minimum Gasteiger partial charge on any atom is -0.459 e. The van der Waals surface area contributed by atoms with Gasteiger partial charge >= 0.3 is 0 Å². The summed E-state index contributed by atoms with van der Waals surface area (Å²) in [5.41, 5.74) is 3.16. The number of nitrogens with one attached hydrogen (secondary N) is 1. The molecule has 0 bridgehead atoms. The van der Waals surface area contributed by atoms with Crippen molar-refractivity contribution in [2.24, 2.45) is 0 Å². The van der Waals surface area contributed by atoms with Gasteiger partial charge in [0.25, 0.3) is 11.8 Å². The van der Waals surface area contributed by atoms with Gasteiger partial charge in [-0.3, -0.25) is 9.59 Å². The molecule has 7 heteroatoms. The third-order valence-corrected chi connectivity index (χ3v) is 5.43. The minimum absolute atomic E-state index is 0.0973. The molecule has 2 amide bonds. The van der Waals surface area contributed by atoms with Gasteiger partial charge < -0.3 is 19.5 Å². The summed E-state index contributed by atoms with van der Waals surface area (Å²) in [6.45, 7) is 4.45. The Hall–Kier alpha value is -3.25. The maximum Gasteiger partial charge on any atom is 0.289 e. The molecule has 1 N–H and O–H groups in total. The molecule has 6 nitrogen and oxygen atoms in total. The Morgan fingerprint density at radius 3 is 2.47 bits per heavy atom. The topological polar surface area (TPSA) is 65.8 Å². The molecule has 0 saturated carbocycles. The highest BCUT2D eigenvalue weighted by molar-refractivity contribution is 6.33. The van der Waals surface area contributed by atoms with Gasteiger partial charge in [-0.15, -0.1) is 0 Å². The maximum absolute atomic E-state index is 12.5. The fourth-order valence-corrected chi connectivity index (χ4v) is 3.84. The Bertz CT molecular complexity index is 1060. The number of anilines is 2. The van der Waals surface area contributed by atoms with Gasteiger partial charge in [-0.2, -0.15) is 0 Å². The van der Waals surface area contributed by atoms with Crippen molar-refractivity contribution in [2.75, 3.05) is 36.4 Å². The van der Waals surface area contributed by atoms with E-state index in [0.29, 0.717) is 48.2 Å². The lowest BCUT2D eigenvalue weighted by atomic mass is 10.1. The molecule has 1 saturated heterocycles. The third-order valence-electron chi connectivity index (χ3n) is 5.13. The van der Waals surface area contributed by atoms with Crippen LogP contribution in [0.15, 0.2) is 65.3 Å². The lowest BCUT2D eigenvalue weighted by Gasteiger charge is -2.36. The molecule has 0 atom stereocenters. The largest absolute Gasteiger partial charge is 0.459 e. The molecule has 1 fully saturated rings. The summed E-state index contributed by atoms with van der Waals surface area (Å²) in [5.74, 6) is 0.0858. The average molecular weight is 424 g/mol. The number of carbonyl (C=O) groups excluding carboxylic acids is 2. The standard InChI is InChI=1S/C23H22ClN3O3/c1-16-4-2-5-17(14-16)22(28)25-18-7-8-20(19(24)15-18)26-9-11-27(12-10-26)23(29)21-6-3-13-30-21/h2-8,13-15H,9-12H2,1H3,(H,25,28). The van der Waals surface area contributed by atoms with E-state index in [9.17, 15) is 9.59 Å². The Labute approximate surface area is 180 Å². The molecular formula is C23H22ClN3O3. The molecule has 3 aromatic rings. The van der Waals surface area contributed by atoms with Crippen LogP contribution in [0.3, 0.4) is 0 Å². The van der Waals surface area contributed by atoms with Crippen LogP contribution in [-0.2, 0) is 0 Å². The number of hydrogen-bond donors (Lipinski definition) is 1. The van der Waals surface area contributed by atoms with E-state index in [-0.39, 0.29) is 11.8 Å². The summed E-state index contributed by atoms with van der Waals surface area (Å²) in [4.78, 5) is 28.8. The van der Waals surface area contributed by atoms with Crippen molar-refractivity contribution in [2.45, 2.75) is 6.92 Å². The first kappa shape index (κ1) is 20.0. The number of nitrogens with zero attached hydrogens (tertiary/aromatic N) is 2. The van der Waals surface area contributed by atoms with Gasteiger partial charge in [0.2, 0.25) is 0 Å². The van der Waals surface area contributed by atoms with E-state index >= 15 is 0 Å². The molecule has 30 heavy (non-hydrogen) atoms. The van der Waals surface area contributed by atoms with Crippen molar-refractivity contribution >= 4 is 34.8 Å². The summed E-state index contributed by atoms with van der Waals surface area (Å²) in [6, 6.07) is 16.3. The van der Waals surface area contributed by atoms with Gasteiger partial charge in [0.05, 0.1) is 17.0 Å². The van der Waals surface area contributed by atoms with E-state index in [2.05, 4.69) is 10.2 Å². The Morgan fingerprint density at radius 1 is 1.00 bits per heavy atom. The van der Waals surface area contributed by atoms with Gasteiger partial charge in [0.15, 0.2) is 5.76 Å². The molecule has 0 spiro atoms. The van der Waals surface area contributed by atoms with Crippen LogP contribution in [0.2, 0.25) is 5.02 Å². The minimum atomic E-state index is -0.174. The first-order valence-corrected chi connectivity index (χ1v) is 10.1. The second-order valence-corrected chi connectivity index (χ2v) is 7.65. The molecule has 0 unspecified atom stereocenters. The van der Waals surface area contributed by atoms with Crippen LogP contribution >= 0.6 is 11.6 Å². The number of amides is 2. The SMILES string of the molecule is Cc1cccc(C(=O)Nc2ccc(N3CCN(C(=O)c4ccco4)CC3)c(Cl)c2)c1. The van der Waals surface area contributed by atoms with Gasteiger partial charge in [-0.1, -0.05) is 29.3 Å². The Morgan fingerprint density at radius 2 is 1.80 bits per heavy atom. The fraction of sp³-hybridized carbons (Fsp3) is 0.217. The predicted molar refractivity (Wildman–Crippen MR) is 117 cm³/mol. The molecule has 0 radical (unpaired) electrons. The normalized spacial score (nSPS) is 13.9. The number of carbonyl (C=O) groups is 2. The summed E-state index contributed by atoms with van der Waals surface area (Å²) in [7, 11) is 0. The van der Waals surface area contributed by atoms with Crippen LogP contribution in [0.25, 0.3) is 0 Å². The van der Waals surface area contributed by atoms with Crippen molar-refractivity contribution in [3.63, 3.8) is 0 Å². The zero-order chi connectivity index (χ0) is 21.1. The van der Waals surface area contributed by atoms with E-state index in [1.54, 1.807) is 29.2 Å². The predicted octanol–water partition coefficient (Wildman–Crippen LogP) is 4.46. The van der Waals surface area contributed by atoms with E-state index in [1.165, 1.54) is 6.26 Å². The highest BCUT2D eigenvalue weighted by Gasteiger charge is 2.24. The summed E-state index contributed by atoms with van der Waals surface area (Å²) in [5, 5.41) is 3.45. The molecule has 1 aliphatic rings. The highest BCUT2D eigenvalue weighted by Crippen LogP contribution is 2.30. The lowest BCUT2D eigenvalue weighted by molar-refractivity contribution is 0.0714. The molecule has 0 aliphatic carbocycles. The summed E-state index contributed by atoms with van der Waals surface area (Å²) >= 11 is 6.51. The number of aryl methyl sites for hydroxylation is 1. The van der Waals surface area contributed by atoms with Crippen molar-refractivity contribution in [3.8, 4) is 0 Å². The zero-order valence-electron chi connectivity index (χ0n) is 16.6. The average Bonchev–Trinajstić information content (AvgIpc) is 3.28. The number of rotatable bonds is 4. The van der Waals surface area contributed by atoms with Crippen LogP contribution in [0, 0.1) is 6.92 Å². The van der Waals surface area contributed by atoms with Crippen molar-refractivity contribution in [3.05, 3.63) is 82.8 Å². The number of hydrogen-bond acceptors (Lipinski definition) is 4. The van der Waals surface area contributed by atoms with Crippen LogP contribution < -0.4 is 10.2 Å². The quantitative estimate of drug-likeness (QED) is 0.673. The Balaban J connectivity index is 1.39. The first-order valence-electron chi connectivity index (χ1n) is 9.76. The molecule has 1 aromatic heterocycles. The second kappa shape index (κ2) is 8.63. The molecular weight excluding hydrogens is 402 g/mol. The third kappa shape index (κ3) is 4.33. The van der Waals surface area contributed by atoms with E-state index in [1.807, 2.05) is 37.3 Å². The molecule has 2 heterocycles. The van der Waals surface area contributed by atoms with Gasteiger partial charge in [-0.05, 0) is 49.4 Å². The highest BCUT2D eigenvalue weighted by atomic mass is 35.5. The molecule has 1 aliphatic heterocycles. The Kier molecular flexibility index (Phi) is 5.77. The van der Waals surface area contributed by atoms with Gasteiger partial charge in [0, 0.05) is 37.4 Å². The zero-order valence-corrected chi connectivity index (χ0v) is 17.4.